The van der Waals surface area contributed by atoms with E-state index in [4.69, 9.17) is 42.0 Å². The van der Waals surface area contributed by atoms with Crippen molar-refractivity contribution >= 4 is 37.6 Å². The number of esters is 2. The number of phosphoric ester groups is 1. The Morgan fingerprint density at radius 1 is 0.682 bits per heavy atom. The van der Waals surface area contributed by atoms with E-state index in [1.54, 1.807) is 158 Å². The molecule has 3 fully saturated rings. The number of ketones is 1. The summed E-state index contributed by atoms with van der Waals surface area (Å²) in [4.78, 5) is 74.0. The summed E-state index contributed by atoms with van der Waals surface area (Å²) < 4.78 is 69.0. The molecule has 4 N–H and O–H groups in total. The van der Waals surface area contributed by atoms with Crippen LogP contribution >= 0.6 is 7.82 Å². The van der Waals surface area contributed by atoms with Crippen LogP contribution in [0.1, 0.15) is 89.5 Å². The number of carbonyl (C=O) groups excluding carboxylic acids is 5. The quantitative estimate of drug-likeness (QED) is 0.0172. The second-order valence-electron chi connectivity index (χ2n) is 22.7. The van der Waals surface area contributed by atoms with E-state index in [9.17, 15) is 34.3 Å². The van der Waals surface area contributed by atoms with E-state index < -0.39 is 128 Å². The van der Waals surface area contributed by atoms with Gasteiger partial charge < -0.3 is 49.1 Å². The van der Waals surface area contributed by atoms with Gasteiger partial charge in [0.1, 0.15) is 42.2 Å². The van der Waals surface area contributed by atoms with E-state index in [2.05, 4.69) is 5.32 Å². The second-order valence-corrected chi connectivity index (χ2v) is 24.3. The zero-order chi connectivity index (χ0) is 60.9. The van der Waals surface area contributed by atoms with Gasteiger partial charge in [-0.05, 0) is 71.5 Å². The molecule has 1 aliphatic heterocycles. The molecule has 1 amide bonds. The Kier molecular flexibility index (Phi) is 23.3. The molecule has 456 valence electrons. The summed E-state index contributed by atoms with van der Waals surface area (Å²) in [5.74, 6) is -5.53. The number of amides is 1. The molecule has 1 heterocycles. The number of fused-ring (bicyclic) bond motifs is 5. The van der Waals surface area contributed by atoms with Crippen LogP contribution in [-0.2, 0) is 76.0 Å². The molecular weight excluding hydrogens is 1580 g/mol. The van der Waals surface area contributed by atoms with Crippen molar-refractivity contribution in [2.75, 3.05) is 13.4 Å². The van der Waals surface area contributed by atoms with Crippen LogP contribution < -0.4 is 5.32 Å². The van der Waals surface area contributed by atoms with E-state index in [1.165, 1.54) is 39.8 Å². The fourth-order valence-corrected chi connectivity index (χ4v) is 13.5. The molecule has 0 spiro atoms. The number of phosphoric acid groups is 1. The molecular formula is C66H68Ac2NO18P. The first-order valence-corrected chi connectivity index (χ1v) is 29.7. The maximum absolute atomic E-state index is 16.0. The molecule has 10 rings (SSSR count). The molecule has 11 atom stereocenters. The van der Waals surface area contributed by atoms with Gasteiger partial charge in [-0.3, -0.25) is 23.2 Å². The molecule has 88 heavy (non-hydrogen) atoms. The van der Waals surface area contributed by atoms with Crippen molar-refractivity contribution in [3.63, 3.8) is 0 Å². The molecule has 2 bridgehead atoms. The first-order chi connectivity index (χ1) is 41.3. The number of carbonyl (C=O) groups is 5. The molecule has 1 saturated heterocycles. The van der Waals surface area contributed by atoms with Crippen LogP contribution in [0.5, 0.6) is 0 Å². The topological polar surface area (TPSA) is 258 Å². The average molecular weight is 1650 g/mol. The van der Waals surface area contributed by atoms with Gasteiger partial charge >= 0.3 is 25.9 Å². The van der Waals surface area contributed by atoms with Crippen molar-refractivity contribution in [1.82, 2.24) is 5.32 Å². The normalized spacial score (nSPS) is 25.8. The van der Waals surface area contributed by atoms with Gasteiger partial charge in [0, 0.05) is 118 Å². The van der Waals surface area contributed by atoms with Crippen LogP contribution in [0.3, 0.4) is 0 Å². The van der Waals surface area contributed by atoms with Gasteiger partial charge in [-0.25, -0.2) is 18.9 Å². The molecule has 19 nitrogen and oxygen atoms in total. The molecule has 10 unspecified atom stereocenters. The zero-order valence-corrected chi connectivity index (χ0v) is 59.3. The second kappa shape index (κ2) is 29.7. The predicted octanol–water partition coefficient (Wildman–Crippen LogP) is 9.50. The fraction of sp³-hybridized carbons (Fsp3) is 0.348. The number of aliphatic hydroxyl groups is 3. The van der Waals surface area contributed by atoms with Crippen LogP contribution in [0, 0.1) is 105 Å². The van der Waals surface area contributed by atoms with Crippen LogP contribution in [0.4, 0.5) is 4.79 Å². The Hall–Kier alpha value is -4.80. The summed E-state index contributed by atoms with van der Waals surface area (Å²) in [6, 6.07) is 49.2. The summed E-state index contributed by atoms with van der Waals surface area (Å²) in [7, 11) is -4.51. The number of aliphatic hydroxyl groups excluding tert-OH is 1. The number of Topliss-reactive ketones (excluding diaryl/α,β-unsaturated/α-hetero) is 1. The minimum Gasteiger partial charge on any atom is -0.455 e. The SMILES string of the molecule is CC1=C2C(O)C(=O)[C@]3(C)C(OCOP(=O)(OCc4ccccc4)OCc4ccccc4)CC4OCC4(O)C3C(OC(=O)c3ccccc3)C(O)(CC1OC(=O)C(OC(=O)OCc1ccccc1)C(NC(=O)c1ccccc1)c1ccccc1)C2(C)C.[Ac].[Ac]. The number of hydrogen-bond acceptors (Lipinski definition) is 18. The number of benzene rings is 6. The summed E-state index contributed by atoms with van der Waals surface area (Å²) in [6.45, 7) is 4.10. The van der Waals surface area contributed by atoms with Gasteiger partial charge in [0.05, 0.1) is 43.0 Å². The van der Waals surface area contributed by atoms with E-state index in [0.29, 0.717) is 22.3 Å². The zero-order valence-electron chi connectivity index (χ0n) is 49.0. The van der Waals surface area contributed by atoms with Crippen LogP contribution in [-0.4, -0.2) is 106 Å². The summed E-state index contributed by atoms with van der Waals surface area (Å²) in [5, 5.41) is 43.0. The monoisotopic (exact) mass is 1650 g/mol. The summed E-state index contributed by atoms with van der Waals surface area (Å²) in [5.41, 5.74) is -6.08. The van der Waals surface area contributed by atoms with Crippen LogP contribution in [0.15, 0.2) is 193 Å². The average Bonchev–Trinajstić information content (AvgIpc) is 0.705. The van der Waals surface area contributed by atoms with Crippen molar-refractivity contribution in [2.45, 2.75) is 114 Å². The van der Waals surface area contributed by atoms with Crippen LogP contribution in [0.25, 0.3) is 0 Å². The first-order valence-electron chi connectivity index (χ1n) is 28.2. The van der Waals surface area contributed by atoms with E-state index >= 15 is 9.59 Å². The van der Waals surface area contributed by atoms with E-state index in [1.807, 2.05) is 12.1 Å². The number of hydrogen-bond donors (Lipinski definition) is 4. The maximum Gasteiger partial charge on any atom is 0.509 e. The van der Waals surface area contributed by atoms with Crippen molar-refractivity contribution < 1.29 is 174 Å². The van der Waals surface area contributed by atoms with E-state index in [-0.39, 0.29) is 137 Å². The largest absolute Gasteiger partial charge is 0.509 e. The van der Waals surface area contributed by atoms with Gasteiger partial charge in [0.2, 0.25) is 6.10 Å². The number of ether oxygens (including phenoxy) is 6. The molecule has 6 aromatic carbocycles. The molecule has 2 saturated carbocycles. The Morgan fingerprint density at radius 2 is 1.18 bits per heavy atom. The first kappa shape index (κ1) is 69.1. The van der Waals surface area contributed by atoms with Crippen LogP contribution in [0.2, 0.25) is 0 Å². The third kappa shape index (κ3) is 14.6. The molecule has 3 aliphatic carbocycles. The minimum atomic E-state index is -4.51. The maximum atomic E-state index is 16.0. The summed E-state index contributed by atoms with van der Waals surface area (Å²) >= 11 is 0. The van der Waals surface area contributed by atoms with Gasteiger partial charge in [-0.1, -0.05) is 172 Å². The standard InChI is InChI=1S/C66H68NO18P.2Ac/c1-42-49(83-61(72)55(84-62(73)77-37-43-23-11-5-12-24-43)53(46-29-17-8-18-30-46)67-59(70)47-31-19-9-20-32-47)36-66(75)58(85-60(71)48-33-21-10-22-34-48)56-64(4,57(69)54(68)52(42)63(66,2)3)50(35-51-65(56,74)40-78-51)79-41-82-86(76,80-38-44-25-13-6-14-26-44)81-39-45-27-15-7-16-28-45;;/h5-34,49-51,53-56,58,68,74-75H,35-41H2,1-4H3,(H,67,70);;/t49?,50?,51?,53?,54?,55?,56?,58?,64-,65?,66?;;/m1../s1. The molecule has 22 heteroatoms. The smallest absolute Gasteiger partial charge is 0.455 e. The van der Waals surface area contributed by atoms with Gasteiger partial charge in [0.15, 0.2) is 12.6 Å². The Morgan fingerprint density at radius 3 is 1.70 bits per heavy atom. The Labute approximate surface area is 581 Å². The Bertz CT molecular complexity index is 3420. The van der Waals surface area contributed by atoms with Crippen molar-refractivity contribution in [3.8, 4) is 0 Å². The fourth-order valence-electron chi connectivity index (χ4n) is 12.5. The third-order valence-corrected chi connectivity index (χ3v) is 18.5. The number of nitrogens with one attached hydrogen (secondary N) is 1. The minimum absolute atomic E-state index is 0. The van der Waals surface area contributed by atoms with Crippen molar-refractivity contribution in [1.29, 1.82) is 0 Å². The molecule has 6 aromatic rings. The van der Waals surface area contributed by atoms with Gasteiger partial charge in [-0.15, -0.1) is 0 Å². The summed E-state index contributed by atoms with van der Waals surface area (Å²) in [6.07, 6.45) is -12.4. The van der Waals surface area contributed by atoms with Gasteiger partial charge in [0.25, 0.3) is 5.91 Å². The predicted molar refractivity (Wildman–Crippen MR) is 309 cm³/mol. The Balaban J connectivity index is 0.00000501. The van der Waals surface area contributed by atoms with Gasteiger partial charge in [-0.2, -0.15) is 0 Å². The molecule has 4 aliphatic rings. The van der Waals surface area contributed by atoms with Crippen molar-refractivity contribution in [3.05, 3.63) is 227 Å². The van der Waals surface area contributed by atoms with E-state index in [0.717, 1.165) is 0 Å². The molecule has 0 aromatic heterocycles. The van der Waals surface area contributed by atoms with Crippen molar-refractivity contribution in [2.24, 2.45) is 16.7 Å². The third-order valence-electron chi connectivity index (χ3n) is 17.2. The number of rotatable bonds is 21. The molecule has 2 radical (unpaired) electrons.